The van der Waals surface area contributed by atoms with E-state index < -0.39 is 21.4 Å². The molecule has 0 atom stereocenters. The van der Waals surface area contributed by atoms with Gasteiger partial charge in [0.25, 0.3) is 0 Å². The molecule has 6 nitrogen and oxygen atoms in total. The highest BCUT2D eigenvalue weighted by Crippen LogP contribution is 2.30. The molecule has 1 rings (SSSR count). The Morgan fingerprint density at radius 3 is 2.44 bits per heavy atom. The van der Waals surface area contributed by atoms with Crippen molar-refractivity contribution in [3.05, 3.63) is 0 Å². The van der Waals surface area contributed by atoms with Crippen molar-refractivity contribution in [3.8, 4) is 6.07 Å². The summed E-state index contributed by atoms with van der Waals surface area (Å²) in [6, 6.07) is 2.22. The number of piperidine rings is 1. The van der Waals surface area contributed by atoms with E-state index in [0.717, 1.165) is 0 Å². The standard InChI is InChI=1S/C11H18N2O4S/c1-11(9-12)4-6-13(7-5-11)18(15,16)8-3-10(14)17-2/h3-8H2,1-2H3. The van der Waals surface area contributed by atoms with Crippen LogP contribution in [0.4, 0.5) is 0 Å². The molecule has 1 aliphatic rings. The number of methoxy groups -OCH3 is 1. The highest BCUT2D eigenvalue weighted by atomic mass is 32.2. The van der Waals surface area contributed by atoms with E-state index in [1.165, 1.54) is 11.4 Å². The first-order valence-corrected chi connectivity index (χ1v) is 7.40. The van der Waals surface area contributed by atoms with E-state index >= 15 is 0 Å². The molecule has 0 aromatic carbocycles. The number of sulfonamides is 1. The predicted octanol–water partition coefficient (Wildman–Crippen LogP) is 0.505. The van der Waals surface area contributed by atoms with Crippen molar-refractivity contribution < 1.29 is 17.9 Å². The fourth-order valence-electron chi connectivity index (χ4n) is 1.81. The summed E-state index contributed by atoms with van der Waals surface area (Å²) in [4.78, 5) is 10.9. The lowest BCUT2D eigenvalue weighted by Gasteiger charge is -2.34. The maximum absolute atomic E-state index is 11.9. The van der Waals surface area contributed by atoms with Gasteiger partial charge in [0, 0.05) is 13.1 Å². The van der Waals surface area contributed by atoms with Gasteiger partial charge < -0.3 is 4.74 Å². The van der Waals surface area contributed by atoms with Gasteiger partial charge in [0.1, 0.15) is 0 Å². The van der Waals surface area contributed by atoms with Crippen LogP contribution in [0.3, 0.4) is 0 Å². The molecular weight excluding hydrogens is 256 g/mol. The molecule has 0 saturated carbocycles. The Bertz CT molecular complexity index is 444. The number of carbonyl (C=O) groups is 1. The van der Waals surface area contributed by atoms with Crippen molar-refractivity contribution in [2.75, 3.05) is 26.0 Å². The smallest absolute Gasteiger partial charge is 0.306 e. The Morgan fingerprint density at radius 1 is 1.44 bits per heavy atom. The SMILES string of the molecule is COC(=O)CCS(=O)(=O)N1CCC(C)(C#N)CC1. The van der Waals surface area contributed by atoms with E-state index in [9.17, 15) is 13.2 Å². The van der Waals surface area contributed by atoms with Gasteiger partial charge in [-0.1, -0.05) is 0 Å². The van der Waals surface area contributed by atoms with Gasteiger partial charge in [-0.2, -0.15) is 5.26 Å². The molecule has 18 heavy (non-hydrogen) atoms. The Labute approximate surface area is 108 Å². The largest absolute Gasteiger partial charge is 0.469 e. The first kappa shape index (κ1) is 14.9. The lowest BCUT2D eigenvalue weighted by atomic mass is 9.83. The molecule has 0 radical (unpaired) electrons. The number of nitriles is 1. The summed E-state index contributed by atoms with van der Waals surface area (Å²) in [6.07, 6.45) is 0.923. The second-order valence-electron chi connectivity index (χ2n) is 4.71. The zero-order chi connectivity index (χ0) is 13.8. The van der Waals surface area contributed by atoms with Crippen LogP contribution in [0.1, 0.15) is 26.2 Å². The molecule has 102 valence electrons. The minimum atomic E-state index is -3.42. The average Bonchev–Trinajstić information content (AvgIpc) is 2.36. The molecule has 0 amide bonds. The third kappa shape index (κ3) is 3.68. The highest BCUT2D eigenvalue weighted by Gasteiger charge is 2.34. The molecule has 1 fully saturated rings. The first-order valence-electron chi connectivity index (χ1n) is 5.79. The van der Waals surface area contributed by atoms with Crippen LogP contribution in [0, 0.1) is 16.7 Å². The maximum atomic E-state index is 11.9. The van der Waals surface area contributed by atoms with Gasteiger partial charge >= 0.3 is 5.97 Å². The van der Waals surface area contributed by atoms with Gasteiger partial charge in [-0.05, 0) is 19.8 Å². The van der Waals surface area contributed by atoms with E-state index in [-0.39, 0.29) is 12.2 Å². The van der Waals surface area contributed by atoms with Gasteiger partial charge in [0.2, 0.25) is 10.0 Å². The first-order chi connectivity index (χ1) is 8.33. The molecule has 1 saturated heterocycles. The topological polar surface area (TPSA) is 87.5 Å². The summed E-state index contributed by atoms with van der Waals surface area (Å²) in [5.41, 5.74) is -0.436. The summed E-state index contributed by atoms with van der Waals surface area (Å²) in [5.74, 6) is -0.763. The van der Waals surface area contributed by atoms with Gasteiger partial charge in [-0.25, -0.2) is 12.7 Å². The summed E-state index contributed by atoms with van der Waals surface area (Å²) in [6.45, 7) is 2.52. The van der Waals surface area contributed by atoms with E-state index in [1.807, 2.05) is 6.92 Å². The molecule has 0 unspecified atom stereocenters. The van der Waals surface area contributed by atoms with E-state index in [0.29, 0.717) is 25.9 Å². The second kappa shape index (κ2) is 5.67. The minimum Gasteiger partial charge on any atom is -0.469 e. The van der Waals surface area contributed by atoms with Crippen molar-refractivity contribution in [1.82, 2.24) is 4.31 Å². The predicted molar refractivity (Wildman–Crippen MR) is 64.9 cm³/mol. The molecule has 7 heteroatoms. The zero-order valence-corrected chi connectivity index (χ0v) is 11.5. The second-order valence-corrected chi connectivity index (χ2v) is 6.80. The normalized spacial score (nSPS) is 20.1. The average molecular weight is 274 g/mol. The van der Waals surface area contributed by atoms with Crippen LogP contribution in [-0.4, -0.2) is 44.6 Å². The van der Waals surface area contributed by atoms with Crippen LogP contribution in [0.15, 0.2) is 0 Å². The van der Waals surface area contributed by atoms with Gasteiger partial charge in [-0.3, -0.25) is 4.79 Å². The fraction of sp³-hybridized carbons (Fsp3) is 0.818. The van der Waals surface area contributed by atoms with Gasteiger partial charge in [0.05, 0.1) is 30.8 Å². The number of nitrogens with zero attached hydrogens (tertiary/aromatic N) is 2. The van der Waals surface area contributed by atoms with Crippen molar-refractivity contribution >= 4 is 16.0 Å². The van der Waals surface area contributed by atoms with Crippen LogP contribution < -0.4 is 0 Å². The molecule has 1 heterocycles. The Hall–Kier alpha value is -1.13. The molecule has 0 N–H and O–H groups in total. The lowest BCUT2D eigenvalue weighted by molar-refractivity contribution is -0.140. The number of esters is 1. The molecule has 0 spiro atoms. The van der Waals surface area contributed by atoms with Crippen molar-refractivity contribution in [2.45, 2.75) is 26.2 Å². The van der Waals surface area contributed by atoms with Crippen LogP contribution in [-0.2, 0) is 19.6 Å². The number of carbonyl (C=O) groups excluding carboxylic acids is 1. The maximum Gasteiger partial charge on any atom is 0.306 e. The van der Waals surface area contributed by atoms with Crippen LogP contribution in [0.2, 0.25) is 0 Å². The molecule has 1 aliphatic heterocycles. The van der Waals surface area contributed by atoms with Crippen molar-refractivity contribution in [2.24, 2.45) is 5.41 Å². The van der Waals surface area contributed by atoms with Crippen LogP contribution in [0.25, 0.3) is 0 Å². The van der Waals surface area contributed by atoms with Crippen molar-refractivity contribution in [1.29, 1.82) is 5.26 Å². The molecule has 0 aliphatic carbocycles. The van der Waals surface area contributed by atoms with Crippen LogP contribution >= 0.6 is 0 Å². The third-order valence-electron chi connectivity index (χ3n) is 3.28. The van der Waals surface area contributed by atoms with Crippen molar-refractivity contribution in [3.63, 3.8) is 0 Å². The Morgan fingerprint density at radius 2 is 2.00 bits per heavy atom. The summed E-state index contributed by atoms with van der Waals surface area (Å²) < 4.78 is 29.7. The molecule has 0 aromatic heterocycles. The Balaban J connectivity index is 2.56. The monoisotopic (exact) mass is 274 g/mol. The third-order valence-corrected chi connectivity index (χ3v) is 5.15. The Kier molecular flexibility index (Phi) is 4.71. The number of ether oxygens (including phenoxy) is 1. The summed E-state index contributed by atoms with van der Waals surface area (Å²) in [7, 11) is -2.19. The number of rotatable bonds is 4. The number of hydrogen-bond acceptors (Lipinski definition) is 5. The summed E-state index contributed by atoms with van der Waals surface area (Å²) >= 11 is 0. The minimum absolute atomic E-state index is 0.134. The van der Waals surface area contributed by atoms with E-state index in [2.05, 4.69) is 10.8 Å². The van der Waals surface area contributed by atoms with E-state index in [4.69, 9.17) is 5.26 Å². The molecular formula is C11H18N2O4S. The number of hydrogen-bond donors (Lipinski definition) is 0. The molecule has 0 bridgehead atoms. The zero-order valence-electron chi connectivity index (χ0n) is 10.7. The van der Waals surface area contributed by atoms with Gasteiger partial charge in [-0.15, -0.1) is 0 Å². The van der Waals surface area contributed by atoms with Crippen LogP contribution in [0.5, 0.6) is 0 Å². The quantitative estimate of drug-likeness (QED) is 0.697. The summed E-state index contributed by atoms with van der Waals surface area (Å²) in [5, 5.41) is 8.97. The lowest BCUT2D eigenvalue weighted by Crippen LogP contribution is -2.42. The molecule has 0 aromatic rings. The van der Waals surface area contributed by atoms with E-state index in [1.54, 1.807) is 0 Å². The fourth-order valence-corrected chi connectivity index (χ4v) is 3.23. The highest BCUT2D eigenvalue weighted by molar-refractivity contribution is 7.89. The van der Waals surface area contributed by atoms with Gasteiger partial charge in [0.15, 0.2) is 0 Å².